The van der Waals surface area contributed by atoms with Crippen molar-refractivity contribution in [1.29, 1.82) is 0 Å². The van der Waals surface area contributed by atoms with Crippen LogP contribution in [0.25, 0.3) is 22.3 Å². The highest BCUT2D eigenvalue weighted by Crippen LogP contribution is 2.40. The van der Waals surface area contributed by atoms with E-state index in [0.29, 0.717) is 5.41 Å². The van der Waals surface area contributed by atoms with Crippen molar-refractivity contribution in [2.24, 2.45) is 5.41 Å². The molecule has 6 rings (SSSR count). The molecule has 7 heteroatoms. The van der Waals surface area contributed by atoms with E-state index in [1.807, 2.05) is 0 Å². The number of anilines is 2. The Balaban J connectivity index is 1.36. The van der Waals surface area contributed by atoms with Crippen molar-refractivity contribution < 1.29 is 4.74 Å². The van der Waals surface area contributed by atoms with E-state index in [9.17, 15) is 0 Å². The van der Waals surface area contributed by atoms with Gasteiger partial charge in [-0.3, -0.25) is 4.98 Å². The van der Waals surface area contributed by atoms with Crippen molar-refractivity contribution in [3.63, 3.8) is 0 Å². The predicted molar refractivity (Wildman–Crippen MR) is 132 cm³/mol. The van der Waals surface area contributed by atoms with Crippen LogP contribution in [0.1, 0.15) is 24.8 Å². The zero-order valence-corrected chi connectivity index (χ0v) is 19.4. The van der Waals surface area contributed by atoms with Gasteiger partial charge in [-0.05, 0) is 56.5 Å². The van der Waals surface area contributed by atoms with Crippen LogP contribution in [0.2, 0.25) is 0 Å². The van der Waals surface area contributed by atoms with Crippen LogP contribution in [0.4, 0.5) is 11.5 Å². The summed E-state index contributed by atoms with van der Waals surface area (Å²) in [6, 6.07) is 8.78. The topological polar surface area (TPSA) is 66.4 Å². The first-order valence-electron chi connectivity index (χ1n) is 12.2. The van der Waals surface area contributed by atoms with Gasteiger partial charge in [0.1, 0.15) is 5.52 Å². The molecule has 33 heavy (non-hydrogen) atoms. The lowest BCUT2D eigenvalue weighted by molar-refractivity contribution is 0.122. The Morgan fingerprint density at radius 3 is 2.70 bits per heavy atom. The van der Waals surface area contributed by atoms with Gasteiger partial charge in [0.25, 0.3) is 0 Å². The summed E-state index contributed by atoms with van der Waals surface area (Å²) >= 11 is 0. The molecule has 172 valence electrons. The van der Waals surface area contributed by atoms with E-state index in [2.05, 4.69) is 56.3 Å². The highest BCUT2D eigenvalue weighted by Gasteiger charge is 2.40. The Morgan fingerprint density at radius 1 is 1.00 bits per heavy atom. The first kappa shape index (κ1) is 20.8. The van der Waals surface area contributed by atoms with Gasteiger partial charge in [0.2, 0.25) is 0 Å². The molecule has 3 aromatic rings. The van der Waals surface area contributed by atoms with Crippen molar-refractivity contribution in [3.05, 3.63) is 42.2 Å². The van der Waals surface area contributed by atoms with Crippen molar-refractivity contribution in [2.75, 3.05) is 62.3 Å². The molecule has 1 N–H and O–H groups in total. The molecule has 3 saturated heterocycles. The van der Waals surface area contributed by atoms with Crippen LogP contribution in [0.3, 0.4) is 0 Å². The van der Waals surface area contributed by atoms with E-state index in [1.165, 1.54) is 30.5 Å². The standard InChI is InChI=1S/C26H32N6O/c1-19-15-20(3-4-23(19)31-11-13-33-14-12-31)21-16-22-24(29-9-8-28-22)25(30-21)32-10-6-26(18-32)5-2-7-27-17-26/h3-4,8-9,15-16,27H,2,5-7,10-14,17-18H2,1H3. The number of morpholine rings is 1. The van der Waals surface area contributed by atoms with E-state index < -0.39 is 0 Å². The molecule has 0 radical (unpaired) electrons. The number of rotatable bonds is 3. The highest BCUT2D eigenvalue weighted by molar-refractivity contribution is 5.89. The first-order chi connectivity index (χ1) is 16.2. The van der Waals surface area contributed by atoms with Gasteiger partial charge in [0.05, 0.1) is 24.4 Å². The number of aromatic nitrogens is 3. The number of ether oxygens (including phenoxy) is 1. The largest absolute Gasteiger partial charge is 0.378 e. The maximum Gasteiger partial charge on any atom is 0.157 e. The van der Waals surface area contributed by atoms with E-state index in [1.54, 1.807) is 12.4 Å². The summed E-state index contributed by atoms with van der Waals surface area (Å²) in [6.45, 7) is 9.98. The third-order valence-corrected chi connectivity index (χ3v) is 7.58. The molecule has 3 aliphatic heterocycles. The first-order valence-corrected chi connectivity index (χ1v) is 12.2. The molecule has 1 unspecified atom stereocenters. The van der Waals surface area contributed by atoms with Crippen LogP contribution in [0.5, 0.6) is 0 Å². The summed E-state index contributed by atoms with van der Waals surface area (Å²) in [6.07, 6.45) is 7.32. The zero-order valence-electron chi connectivity index (χ0n) is 19.4. The molecule has 7 nitrogen and oxygen atoms in total. The second-order valence-electron chi connectivity index (χ2n) is 9.81. The molecule has 5 heterocycles. The average molecular weight is 445 g/mol. The van der Waals surface area contributed by atoms with Crippen LogP contribution in [-0.2, 0) is 4.74 Å². The summed E-state index contributed by atoms with van der Waals surface area (Å²) in [5, 5.41) is 3.62. The van der Waals surface area contributed by atoms with Crippen LogP contribution in [-0.4, -0.2) is 67.4 Å². The maximum absolute atomic E-state index is 5.53. The van der Waals surface area contributed by atoms with E-state index in [0.717, 1.165) is 80.6 Å². The molecule has 1 atom stereocenters. The highest BCUT2D eigenvalue weighted by atomic mass is 16.5. The number of hydrogen-bond acceptors (Lipinski definition) is 7. The lowest BCUT2D eigenvalue weighted by Crippen LogP contribution is -2.42. The summed E-state index contributed by atoms with van der Waals surface area (Å²) in [7, 11) is 0. The molecule has 0 amide bonds. The van der Waals surface area contributed by atoms with Crippen molar-refractivity contribution in [1.82, 2.24) is 20.3 Å². The number of aryl methyl sites for hydroxylation is 1. The van der Waals surface area contributed by atoms with Gasteiger partial charge < -0.3 is 19.9 Å². The van der Waals surface area contributed by atoms with Crippen molar-refractivity contribution in [2.45, 2.75) is 26.2 Å². The zero-order chi connectivity index (χ0) is 22.3. The Kier molecular flexibility index (Phi) is 5.38. The second kappa shape index (κ2) is 8.54. The molecule has 3 fully saturated rings. The minimum absolute atomic E-state index is 0.362. The number of hydrogen-bond donors (Lipinski definition) is 1. The molecule has 3 aliphatic rings. The number of fused-ring (bicyclic) bond motifs is 1. The Hall–Kier alpha value is -2.77. The summed E-state index contributed by atoms with van der Waals surface area (Å²) in [5.74, 6) is 0.980. The lowest BCUT2D eigenvalue weighted by atomic mass is 9.80. The summed E-state index contributed by atoms with van der Waals surface area (Å²) in [5.41, 5.74) is 6.84. The SMILES string of the molecule is Cc1cc(-c2cc3nccnc3c(N3CCC4(CCCNC4)C3)n2)ccc1N1CCOCC1. The maximum atomic E-state index is 5.53. The van der Waals surface area contributed by atoms with Crippen LogP contribution in [0, 0.1) is 12.3 Å². The Bertz CT molecular complexity index is 1150. The van der Waals surface area contributed by atoms with Gasteiger partial charge in [-0.15, -0.1) is 0 Å². The van der Waals surface area contributed by atoms with Crippen LogP contribution >= 0.6 is 0 Å². The lowest BCUT2D eigenvalue weighted by Gasteiger charge is -2.34. The van der Waals surface area contributed by atoms with Gasteiger partial charge >= 0.3 is 0 Å². The molecular weight excluding hydrogens is 412 g/mol. The van der Waals surface area contributed by atoms with Crippen LogP contribution < -0.4 is 15.1 Å². The predicted octanol–water partition coefficient (Wildman–Crippen LogP) is 3.42. The monoisotopic (exact) mass is 444 g/mol. The van der Waals surface area contributed by atoms with E-state index >= 15 is 0 Å². The fourth-order valence-electron chi connectivity index (χ4n) is 5.79. The van der Waals surface area contributed by atoms with Gasteiger partial charge in [-0.2, -0.15) is 0 Å². The molecular formula is C26H32N6O. The number of benzene rings is 1. The Morgan fingerprint density at radius 2 is 1.88 bits per heavy atom. The van der Waals surface area contributed by atoms with Crippen molar-refractivity contribution >= 4 is 22.5 Å². The molecule has 1 spiro atoms. The van der Waals surface area contributed by atoms with E-state index in [-0.39, 0.29) is 0 Å². The summed E-state index contributed by atoms with van der Waals surface area (Å²) < 4.78 is 5.53. The quantitative estimate of drug-likeness (QED) is 0.664. The molecule has 0 aliphatic carbocycles. The number of nitrogens with one attached hydrogen (secondary N) is 1. The molecule has 1 aromatic carbocycles. The molecule has 0 bridgehead atoms. The number of piperidine rings is 1. The number of pyridine rings is 1. The fourth-order valence-corrected chi connectivity index (χ4v) is 5.79. The molecule has 2 aromatic heterocycles. The summed E-state index contributed by atoms with van der Waals surface area (Å²) in [4.78, 5) is 19.4. The third-order valence-electron chi connectivity index (χ3n) is 7.58. The van der Waals surface area contributed by atoms with Gasteiger partial charge in [0, 0.05) is 61.8 Å². The van der Waals surface area contributed by atoms with Gasteiger partial charge in [-0.25, -0.2) is 9.97 Å². The smallest absolute Gasteiger partial charge is 0.157 e. The fraction of sp³-hybridized carbons (Fsp3) is 0.500. The van der Waals surface area contributed by atoms with Gasteiger partial charge in [0.15, 0.2) is 5.82 Å². The number of nitrogens with zero attached hydrogens (tertiary/aromatic N) is 5. The van der Waals surface area contributed by atoms with Gasteiger partial charge in [-0.1, -0.05) is 6.07 Å². The minimum Gasteiger partial charge on any atom is -0.378 e. The minimum atomic E-state index is 0.362. The van der Waals surface area contributed by atoms with E-state index in [4.69, 9.17) is 9.72 Å². The Labute approximate surface area is 195 Å². The second-order valence-corrected chi connectivity index (χ2v) is 9.81. The average Bonchev–Trinajstić information content (AvgIpc) is 3.27. The van der Waals surface area contributed by atoms with Crippen molar-refractivity contribution in [3.8, 4) is 11.3 Å². The normalized spacial score (nSPS) is 23.5. The van der Waals surface area contributed by atoms with Crippen LogP contribution in [0.15, 0.2) is 36.7 Å². The third kappa shape index (κ3) is 3.93. The molecule has 0 saturated carbocycles.